The molecule has 0 aliphatic carbocycles. The zero-order valence-corrected chi connectivity index (χ0v) is 13.3. The second-order valence-corrected chi connectivity index (χ2v) is 5.73. The summed E-state index contributed by atoms with van der Waals surface area (Å²) in [6, 6.07) is 3.26. The van der Waals surface area contributed by atoms with E-state index in [9.17, 15) is 9.59 Å². The molecule has 23 heavy (non-hydrogen) atoms. The SMILES string of the molecule is Cc1ccn2cc(C(=O)N[C@@H](C)C(=O)N3CCOCC3)nc2c1. The Morgan fingerprint density at radius 2 is 2.09 bits per heavy atom. The zero-order valence-electron chi connectivity index (χ0n) is 13.3. The first-order valence-corrected chi connectivity index (χ1v) is 7.67. The van der Waals surface area contributed by atoms with Gasteiger partial charge in [-0.15, -0.1) is 0 Å². The molecular weight excluding hydrogens is 296 g/mol. The monoisotopic (exact) mass is 316 g/mol. The summed E-state index contributed by atoms with van der Waals surface area (Å²) in [7, 11) is 0. The van der Waals surface area contributed by atoms with Gasteiger partial charge in [-0.1, -0.05) is 0 Å². The third kappa shape index (κ3) is 3.34. The summed E-state index contributed by atoms with van der Waals surface area (Å²) < 4.78 is 7.02. The van der Waals surface area contributed by atoms with Gasteiger partial charge in [0.05, 0.1) is 13.2 Å². The molecule has 3 rings (SSSR count). The van der Waals surface area contributed by atoms with E-state index < -0.39 is 6.04 Å². The Balaban J connectivity index is 1.68. The molecule has 0 radical (unpaired) electrons. The molecule has 0 saturated carbocycles. The van der Waals surface area contributed by atoms with Gasteiger partial charge >= 0.3 is 0 Å². The number of hydrogen-bond acceptors (Lipinski definition) is 4. The smallest absolute Gasteiger partial charge is 0.272 e. The summed E-state index contributed by atoms with van der Waals surface area (Å²) in [4.78, 5) is 30.6. The van der Waals surface area contributed by atoms with Crippen LogP contribution in [0.15, 0.2) is 24.5 Å². The number of carbonyl (C=O) groups is 2. The second-order valence-electron chi connectivity index (χ2n) is 5.73. The summed E-state index contributed by atoms with van der Waals surface area (Å²) in [5, 5.41) is 2.72. The van der Waals surface area contributed by atoms with E-state index in [1.807, 2.05) is 25.3 Å². The summed E-state index contributed by atoms with van der Waals surface area (Å²) in [6.07, 6.45) is 3.52. The van der Waals surface area contributed by atoms with Crippen molar-refractivity contribution >= 4 is 17.5 Å². The molecule has 1 fully saturated rings. The summed E-state index contributed by atoms with van der Waals surface area (Å²) >= 11 is 0. The Morgan fingerprint density at radius 1 is 1.35 bits per heavy atom. The molecule has 7 heteroatoms. The number of imidazole rings is 1. The normalized spacial score (nSPS) is 16.3. The van der Waals surface area contributed by atoms with E-state index in [1.54, 1.807) is 22.4 Å². The Kier molecular flexibility index (Phi) is 4.29. The van der Waals surface area contributed by atoms with Crippen LogP contribution in [0.3, 0.4) is 0 Å². The molecular formula is C16H20N4O3. The van der Waals surface area contributed by atoms with Crippen molar-refractivity contribution in [3.8, 4) is 0 Å². The molecule has 1 atom stereocenters. The minimum atomic E-state index is -0.591. The molecule has 0 bridgehead atoms. The molecule has 1 saturated heterocycles. The first-order valence-electron chi connectivity index (χ1n) is 7.67. The molecule has 2 amide bonds. The minimum Gasteiger partial charge on any atom is -0.378 e. The Hall–Kier alpha value is -2.41. The predicted octanol–water partition coefficient (Wildman–Crippen LogP) is 0.620. The maximum Gasteiger partial charge on any atom is 0.272 e. The van der Waals surface area contributed by atoms with Crippen molar-refractivity contribution in [2.75, 3.05) is 26.3 Å². The van der Waals surface area contributed by atoms with Gasteiger partial charge in [-0.25, -0.2) is 4.98 Å². The van der Waals surface area contributed by atoms with Crippen molar-refractivity contribution < 1.29 is 14.3 Å². The van der Waals surface area contributed by atoms with E-state index in [-0.39, 0.29) is 11.8 Å². The lowest BCUT2D eigenvalue weighted by Gasteiger charge is -2.29. The number of carbonyl (C=O) groups excluding carboxylic acids is 2. The molecule has 122 valence electrons. The van der Waals surface area contributed by atoms with E-state index in [0.717, 1.165) is 5.56 Å². The van der Waals surface area contributed by atoms with Gasteiger partial charge in [-0.2, -0.15) is 0 Å². The van der Waals surface area contributed by atoms with Gasteiger partial charge in [0.1, 0.15) is 17.4 Å². The largest absolute Gasteiger partial charge is 0.378 e. The lowest BCUT2D eigenvalue weighted by molar-refractivity contribution is -0.136. The number of nitrogens with zero attached hydrogens (tertiary/aromatic N) is 3. The average Bonchev–Trinajstić information content (AvgIpc) is 2.98. The van der Waals surface area contributed by atoms with Gasteiger partial charge in [-0.3, -0.25) is 9.59 Å². The van der Waals surface area contributed by atoms with E-state index in [0.29, 0.717) is 37.6 Å². The van der Waals surface area contributed by atoms with Crippen LogP contribution in [-0.4, -0.2) is 58.4 Å². The van der Waals surface area contributed by atoms with Crippen LogP contribution in [-0.2, 0) is 9.53 Å². The molecule has 1 aliphatic rings. The van der Waals surface area contributed by atoms with Gasteiger partial charge in [0.15, 0.2) is 0 Å². The van der Waals surface area contributed by atoms with Gasteiger partial charge in [0.2, 0.25) is 5.91 Å². The fourth-order valence-electron chi connectivity index (χ4n) is 2.58. The maximum atomic E-state index is 12.3. The van der Waals surface area contributed by atoms with Gasteiger partial charge in [0.25, 0.3) is 5.91 Å². The summed E-state index contributed by atoms with van der Waals surface area (Å²) in [5.74, 6) is -0.443. The third-order valence-electron chi connectivity index (χ3n) is 3.89. The molecule has 0 aromatic carbocycles. The van der Waals surface area contributed by atoms with E-state index in [2.05, 4.69) is 10.3 Å². The van der Waals surface area contributed by atoms with Crippen LogP contribution in [0.2, 0.25) is 0 Å². The first kappa shape index (κ1) is 15.5. The van der Waals surface area contributed by atoms with Crippen LogP contribution in [0.1, 0.15) is 23.0 Å². The molecule has 0 unspecified atom stereocenters. The van der Waals surface area contributed by atoms with Crippen LogP contribution in [0.25, 0.3) is 5.65 Å². The molecule has 2 aromatic rings. The quantitative estimate of drug-likeness (QED) is 0.901. The second kappa shape index (κ2) is 6.37. The highest BCUT2D eigenvalue weighted by atomic mass is 16.5. The standard InChI is InChI=1S/C16H20N4O3/c1-11-3-4-20-10-13(18-14(20)9-11)15(21)17-12(2)16(22)19-5-7-23-8-6-19/h3-4,9-10,12H,5-8H2,1-2H3,(H,17,21)/t12-/m0/s1. The van der Waals surface area contributed by atoms with E-state index in [4.69, 9.17) is 4.74 Å². The number of morpholine rings is 1. The first-order chi connectivity index (χ1) is 11.0. The van der Waals surface area contributed by atoms with Crippen molar-refractivity contribution in [2.45, 2.75) is 19.9 Å². The average molecular weight is 316 g/mol. The van der Waals surface area contributed by atoms with Crippen LogP contribution in [0.5, 0.6) is 0 Å². The number of ether oxygens (including phenoxy) is 1. The molecule has 7 nitrogen and oxygen atoms in total. The number of amides is 2. The molecule has 2 aromatic heterocycles. The molecule has 0 spiro atoms. The molecule has 1 N–H and O–H groups in total. The summed E-state index contributed by atoms with van der Waals surface area (Å²) in [6.45, 7) is 5.86. The maximum absolute atomic E-state index is 12.3. The third-order valence-corrected chi connectivity index (χ3v) is 3.89. The highest BCUT2D eigenvalue weighted by Gasteiger charge is 2.24. The van der Waals surface area contributed by atoms with Crippen molar-refractivity contribution in [1.82, 2.24) is 19.6 Å². The lowest BCUT2D eigenvalue weighted by Crippen LogP contribution is -2.50. The minimum absolute atomic E-state index is 0.0961. The van der Waals surface area contributed by atoms with Crippen LogP contribution >= 0.6 is 0 Å². The Morgan fingerprint density at radius 3 is 2.83 bits per heavy atom. The highest BCUT2D eigenvalue weighted by Crippen LogP contribution is 2.08. The van der Waals surface area contributed by atoms with E-state index in [1.165, 1.54) is 0 Å². The van der Waals surface area contributed by atoms with Crippen molar-refractivity contribution in [2.24, 2.45) is 0 Å². The lowest BCUT2D eigenvalue weighted by atomic mass is 10.2. The van der Waals surface area contributed by atoms with E-state index >= 15 is 0 Å². The van der Waals surface area contributed by atoms with Crippen LogP contribution in [0.4, 0.5) is 0 Å². The van der Waals surface area contributed by atoms with Crippen molar-refractivity contribution in [1.29, 1.82) is 0 Å². The molecule has 1 aliphatic heterocycles. The highest BCUT2D eigenvalue weighted by molar-refractivity contribution is 5.96. The number of pyridine rings is 1. The van der Waals surface area contributed by atoms with Crippen molar-refractivity contribution in [3.63, 3.8) is 0 Å². The number of hydrogen-bond donors (Lipinski definition) is 1. The van der Waals surface area contributed by atoms with Gasteiger partial charge in [-0.05, 0) is 31.5 Å². The molecule has 3 heterocycles. The predicted molar refractivity (Wildman–Crippen MR) is 84.3 cm³/mol. The number of aromatic nitrogens is 2. The fourth-order valence-corrected chi connectivity index (χ4v) is 2.58. The van der Waals surface area contributed by atoms with Gasteiger partial charge < -0.3 is 19.4 Å². The fraction of sp³-hybridized carbons (Fsp3) is 0.438. The van der Waals surface area contributed by atoms with Crippen LogP contribution < -0.4 is 5.32 Å². The Labute approximate surface area is 134 Å². The number of fused-ring (bicyclic) bond motifs is 1. The summed E-state index contributed by atoms with van der Waals surface area (Å²) in [5.41, 5.74) is 2.09. The van der Waals surface area contributed by atoms with Gasteiger partial charge in [0, 0.05) is 25.5 Å². The number of nitrogens with one attached hydrogen (secondary N) is 1. The Bertz CT molecular complexity index is 734. The number of rotatable bonds is 3. The van der Waals surface area contributed by atoms with Crippen molar-refractivity contribution in [3.05, 3.63) is 35.8 Å². The zero-order chi connectivity index (χ0) is 16.4. The topological polar surface area (TPSA) is 75.9 Å². The van der Waals surface area contributed by atoms with Crippen LogP contribution in [0, 0.1) is 6.92 Å². The number of aryl methyl sites for hydroxylation is 1.